The molecule has 102 valence electrons. The predicted octanol–water partition coefficient (Wildman–Crippen LogP) is 3.18. The van der Waals surface area contributed by atoms with Crippen molar-refractivity contribution in [1.29, 1.82) is 0 Å². The van der Waals surface area contributed by atoms with E-state index in [0.29, 0.717) is 12.6 Å². The molecule has 1 aromatic carbocycles. The molecule has 0 fully saturated rings. The highest BCUT2D eigenvalue weighted by Gasteiger charge is 2.23. The molecule has 2 rings (SSSR count). The first-order valence-corrected chi connectivity index (χ1v) is 7.54. The zero-order valence-corrected chi connectivity index (χ0v) is 12.3. The van der Waals surface area contributed by atoms with Gasteiger partial charge in [0.2, 0.25) is 0 Å². The van der Waals surface area contributed by atoms with Gasteiger partial charge in [-0.1, -0.05) is 30.3 Å². The Morgan fingerprint density at radius 1 is 1.26 bits per heavy atom. The van der Waals surface area contributed by atoms with Crippen molar-refractivity contribution >= 4 is 11.3 Å². The Morgan fingerprint density at radius 3 is 2.63 bits per heavy atom. The fourth-order valence-electron chi connectivity index (χ4n) is 2.11. The van der Waals surface area contributed by atoms with Crippen molar-refractivity contribution < 1.29 is 5.11 Å². The lowest BCUT2D eigenvalue weighted by Gasteiger charge is -2.26. The van der Waals surface area contributed by atoms with Gasteiger partial charge in [0, 0.05) is 12.6 Å². The summed E-state index contributed by atoms with van der Waals surface area (Å²) in [5, 5.41) is 18.2. The van der Waals surface area contributed by atoms with Crippen molar-refractivity contribution in [1.82, 2.24) is 5.32 Å². The Balaban J connectivity index is 1.87. The molecule has 0 radical (unpaired) electrons. The highest BCUT2D eigenvalue weighted by Crippen LogP contribution is 2.19. The van der Waals surface area contributed by atoms with Crippen molar-refractivity contribution in [3.8, 4) is 0 Å². The first kappa shape index (κ1) is 14.3. The van der Waals surface area contributed by atoms with E-state index in [4.69, 9.17) is 0 Å². The average Bonchev–Trinajstić information content (AvgIpc) is 2.90. The second-order valence-electron chi connectivity index (χ2n) is 5.26. The van der Waals surface area contributed by atoms with Gasteiger partial charge in [-0.3, -0.25) is 0 Å². The summed E-state index contributed by atoms with van der Waals surface area (Å²) in [5.41, 5.74) is 1.47. The number of hydrogen-bond donors (Lipinski definition) is 2. The van der Waals surface area contributed by atoms with Crippen LogP contribution in [0.25, 0.3) is 0 Å². The van der Waals surface area contributed by atoms with Gasteiger partial charge in [-0.05, 0) is 48.2 Å². The van der Waals surface area contributed by atoms with E-state index in [-0.39, 0.29) is 0 Å². The molecule has 0 saturated heterocycles. The van der Waals surface area contributed by atoms with Crippen LogP contribution in [-0.2, 0) is 12.0 Å². The van der Waals surface area contributed by atoms with Gasteiger partial charge in [-0.25, -0.2) is 0 Å². The molecule has 2 unspecified atom stereocenters. The van der Waals surface area contributed by atoms with Crippen LogP contribution in [0.15, 0.2) is 47.2 Å². The average molecular weight is 275 g/mol. The van der Waals surface area contributed by atoms with E-state index in [0.717, 1.165) is 12.0 Å². The Labute approximate surface area is 119 Å². The van der Waals surface area contributed by atoms with E-state index in [1.807, 2.05) is 37.3 Å². The van der Waals surface area contributed by atoms with Crippen LogP contribution in [0.3, 0.4) is 0 Å². The number of rotatable bonds is 6. The number of hydrogen-bond acceptors (Lipinski definition) is 3. The van der Waals surface area contributed by atoms with Gasteiger partial charge >= 0.3 is 0 Å². The molecule has 1 heterocycles. The minimum atomic E-state index is -0.829. The monoisotopic (exact) mass is 275 g/mol. The SMILES string of the molecule is CC(Cc1ccsc1)NCC(C)(O)c1ccccc1. The maximum atomic E-state index is 10.5. The van der Waals surface area contributed by atoms with Crippen LogP contribution in [0.5, 0.6) is 0 Å². The molecule has 3 heteroatoms. The number of nitrogens with one attached hydrogen (secondary N) is 1. The third kappa shape index (κ3) is 4.16. The van der Waals surface area contributed by atoms with Crippen LogP contribution >= 0.6 is 11.3 Å². The van der Waals surface area contributed by atoms with Crippen LogP contribution < -0.4 is 5.32 Å². The quantitative estimate of drug-likeness (QED) is 0.848. The molecule has 2 atom stereocenters. The number of aliphatic hydroxyl groups is 1. The molecule has 0 aliphatic heterocycles. The first-order chi connectivity index (χ1) is 9.08. The fourth-order valence-corrected chi connectivity index (χ4v) is 2.79. The van der Waals surface area contributed by atoms with Crippen LogP contribution in [0.4, 0.5) is 0 Å². The summed E-state index contributed by atoms with van der Waals surface area (Å²) in [5.74, 6) is 0. The largest absolute Gasteiger partial charge is 0.384 e. The first-order valence-electron chi connectivity index (χ1n) is 6.60. The van der Waals surface area contributed by atoms with E-state index in [9.17, 15) is 5.11 Å². The fraction of sp³-hybridized carbons (Fsp3) is 0.375. The third-order valence-electron chi connectivity index (χ3n) is 3.31. The van der Waals surface area contributed by atoms with Crippen LogP contribution in [0.2, 0.25) is 0 Å². The van der Waals surface area contributed by atoms with Gasteiger partial charge in [-0.15, -0.1) is 0 Å². The van der Waals surface area contributed by atoms with E-state index >= 15 is 0 Å². The highest BCUT2D eigenvalue weighted by molar-refractivity contribution is 7.07. The summed E-state index contributed by atoms with van der Waals surface area (Å²) in [6, 6.07) is 12.3. The Bertz CT molecular complexity index is 479. The number of thiophene rings is 1. The molecule has 19 heavy (non-hydrogen) atoms. The minimum Gasteiger partial charge on any atom is -0.384 e. The summed E-state index contributed by atoms with van der Waals surface area (Å²) in [6.45, 7) is 4.56. The Kier molecular flexibility index (Phi) is 4.75. The molecule has 0 amide bonds. The summed E-state index contributed by atoms with van der Waals surface area (Å²) >= 11 is 1.72. The van der Waals surface area contributed by atoms with Crippen LogP contribution in [-0.4, -0.2) is 17.7 Å². The third-order valence-corrected chi connectivity index (χ3v) is 4.04. The lowest BCUT2D eigenvalue weighted by atomic mass is 9.95. The molecular formula is C16H21NOS. The Hall–Kier alpha value is -1.16. The molecule has 0 spiro atoms. The predicted molar refractivity (Wildman–Crippen MR) is 81.5 cm³/mol. The van der Waals surface area contributed by atoms with Crippen molar-refractivity contribution in [2.75, 3.05) is 6.54 Å². The topological polar surface area (TPSA) is 32.3 Å². The smallest absolute Gasteiger partial charge is 0.0992 e. The molecule has 1 aromatic heterocycles. The molecule has 0 bridgehead atoms. The minimum absolute atomic E-state index is 0.352. The molecule has 0 saturated carbocycles. The normalized spacial score (nSPS) is 15.9. The van der Waals surface area contributed by atoms with Crippen molar-refractivity contribution in [2.24, 2.45) is 0 Å². The van der Waals surface area contributed by atoms with E-state index < -0.39 is 5.60 Å². The standard InChI is InChI=1S/C16H21NOS/c1-13(10-14-8-9-19-11-14)17-12-16(2,18)15-6-4-3-5-7-15/h3-9,11,13,17-18H,10,12H2,1-2H3. The zero-order valence-electron chi connectivity index (χ0n) is 11.5. The number of benzene rings is 1. The molecular weight excluding hydrogens is 254 g/mol. The maximum absolute atomic E-state index is 10.5. The summed E-state index contributed by atoms with van der Waals surface area (Å²) in [4.78, 5) is 0. The van der Waals surface area contributed by atoms with Crippen LogP contribution in [0.1, 0.15) is 25.0 Å². The highest BCUT2D eigenvalue weighted by atomic mass is 32.1. The summed E-state index contributed by atoms with van der Waals surface area (Å²) in [6.07, 6.45) is 0.994. The summed E-state index contributed by atoms with van der Waals surface area (Å²) in [7, 11) is 0. The molecule has 2 nitrogen and oxygen atoms in total. The van der Waals surface area contributed by atoms with E-state index in [1.165, 1.54) is 5.56 Å². The molecule has 0 aliphatic rings. The second kappa shape index (κ2) is 6.33. The van der Waals surface area contributed by atoms with E-state index in [1.54, 1.807) is 11.3 Å². The second-order valence-corrected chi connectivity index (χ2v) is 6.04. The van der Waals surface area contributed by atoms with Gasteiger partial charge in [0.25, 0.3) is 0 Å². The van der Waals surface area contributed by atoms with Crippen molar-refractivity contribution in [3.05, 3.63) is 58.3 Å². The maximum Gasteiger partial charge on any atom is 0.0992 e. The lowest BCUT2D eigenvalue weighted by molar-refractivity contribution is 0.0544. The molecule has 2 aromatic rings. The molecule has 0 aliphatic carbocycles. The van der Waals surface area contributed by atoms with Gasteiger partial charge in [0.1, 0.15) is 0 Å². The van der Waals surface area contributed by atoms with Crippen molar-refractivity contribution in [3.63, 3.8) is 0 Å². The molecule has 2 N–H and O–H groups in total. The summed E-state index contributed by atoms with van der Waals surface area (Å²) < 4.78 is 0. The van der Waals surface area contributed by atoms with Crippen LogP contribution in [0, 0.1) is 0 Å². The van der Waals surface area contributed by atoms with Gasteiger partial charge in [-0.2, -0.15) is 11.3 Å². The zero-order chi connectivity index (χ0) is 13.7. The Morgan fingerprint density at radius 2 is 2.00 bits per heavy atom. The van der Waals surface area contributed by atoms with Crippen molar-refractivity contribution in [2.45, 2.75) is 31.9 Å². The van der Waals surface area contributed by atoms with Gasteiger partial charge in [0.15, 0.2) is 0 Å². The van der Waals surface area contributed by atoms with Gasteiger partial charge < -0.3 is 10.4 Å². The van der Waals surface area contributed by atoms with E-state index in [2.05, 4.69) is 29.1 Å². The lowest BCUT2D eigenvalue weighted by Crippen LogP contribution is -2.40. The van der Waals surface area contributed by atoms with Gasteiger partial charge in [0.05, 0.1) is 5.60 Å².